The third-order valence-electron chi connectivity index (χ3n) is 3.18. The number of rotatable bonds is 13. The molecule has 22 heavy (non-hydrogen) atoms. The van der Waals surface area contributed by atoms with Crippen LogP contribution in [0.1, 0.15) is 58.3 Å². The SMILES string of the molecule is CC[C@@H](O)/C=C/C=C\C=C\C(=O)CCCCCCCC(=O)O. The monoisotopic (exact) mass is 308 g/mol. The van der Waals surface area contributed by atoms with Gasteiger partial charge in [0.05, 0.1) is 6.10 Å². The van der Waals surface area contributed by atoms with E-state index in [1.54, 1.807) is 36.5 Å². The van der Waals surface area contributed by atoms with Crippen LogP contribution in [0, 0.1) is 0 Å². The van der Waals surface area contributed by atoms with Gasteiger partial charge < -0.3 is 10.2 Å². The predicted octanol–water partition coefficient (Wildman–Crippen LogP) is 3.81. The molecule has 4 heteroatoms. The lowest BCUT2D eigenvalue weighted by molar-refractivity contribution is -0.137. The first-order chi connectivity index (χ1) is 10.6. The van der Waals surface area contributed by atoms with E-state index >= 15 is 0 Å². The third-order valence-corrected chi connectivity index (χ3v) is 3.18. The van der Waals surface area contributed by atoms with Crippen LogP contribution in [-0.4, -0.2) is 28.1 Å². The lowest BCUT2D eigenvalue weighted by atomic mass is 10.1. The summed E-state index contributed by atoms with van der Waals surface area (Å²) < 4.78 is 0. The van der Waals surface area contributed by atoms with E-state index in [1.165, 1.54) is 0 Å². The summed E-state index contributed by atoms with van der Waals surface area (Å²) in [6.45, 7) is 1.91. The molecular formula is C18H28O4. The molecule has 0 radical (unpaired) electrons. The van der Waals surface area contributed by atoms with Crippen molar-refractivity contribution in [1.29, 1.82) is 0 Å². The van der Waals surface area contributed by atoms with Gasteiger partial charge in [0.15, 0.2) is 5.78 Å². The van der Waals surface area contributed by atoms with Gasteiger partial charge in [-0.3, -0.25) is 9.59 Å². The molecule has 4 nitrogen and oxygen atoms in total. The number of ketones is 1. The molecule has 0 aliphatic rings. The minimum Gasteiger partial charge on any atom is -0.481 e. The summed E-state index contributed by atoms with van der Waals surface area (Å²) in [4.78, 5) is 21.9. The Morgan fingerprint density at radius 2 is 1.50 bits per heavy atom. The molecule has 0 fully saturated rings. The third kappa shape index (κ3) is 14.7. The lowest BCUT2D eigenvalue weighted by Gasteiger charge is -1.98. The van der Waals surface area contributed by atoms with Gasteiger partial charge >= 0.3 is 5.97 Å². The molecule has 0 amide bonds. The maximum Gasteiger partial charge on any atom is 0.303 e. The van der Waals surface area contributed by atoms with Crippen molar-refractivity contribution in [2.24, 2.45) is 0 Å². The quantitative estimate of drug-likeness (QED) is 0.308. The first-order valence-corrected chi connectivity index (χ1v) is 8.00. The number of carbonyl (C=O) groups is 2. The first kappa shape index (κ1) is 20.3. The van der Waals surface area contributed by atoms with E-state index < -0.39 is 12.1 Å². The predicted molar refractivity (Wildman–Crippen MR) is 88.7 cm³/mol. The number of hydrogen-bond donors (Lipinski definition) is 2. The van der Waals surface area contributed by atoms with Crippen molar-refractivity contribution in [3.05, 3.63) is 36.5 Å². The second-order valence-electron chi connectivity index (χ2n) is 5.23. The average Bonchev–Trinajstić information content (AvgIpc) is 2.49. The maximum absolute atomic E-state index is 11.6. The van der Waals surface area contributed by atoms with Gasteiger partial charge in [-0.25, -0.2) is 0 Å². The average molecular weight is 308 g/mol. The summed E-state index contributed by atoms with van der Waals surface area (Å²) in [5, 5.41) is 17.8. The van der Waals surface area contributed by atoms with E-state index in [-0.39, 0.29) is 12.2 Å². The summed E-state index contributed by atoms with van der Waals surface area (Å²) in [6, 6.07) is 0. The Morgan fingerprint density at radius 1 is 0.909 bits per heavy atom. The van der Waals surface area contributed by atoms with Gasteiger partial charge in [0, 0.05) is 12.8 Å². The second-order valence-corrected chi connectivity index (χ2v) is 5.23. The topological polar surface area (TPSA) is 74.6 Å². The largest absolute Gasteiger partial charge is 0.481 e. The van der Waals surface area contributed by atoms with Gasteiger partial charge in [0.25, 0.3) is 0 Å². The minimum absolute atomic E-state index is 0.104. The molecule has 2 N–H and O–H groups in total. The van der Waals surface area contributed by atoms with Gasteiger partial charge in [-0.15, -0.1) is 0 Å². The summed E-state index contributed by atoms with van der Waals surface area (Å²) >= 11 is 0. The molecule has 124 valence electrons. The van der Waals surface area contributed by atoms with Gasteiger partial charge in [0.2, 0.25) is 0 Å². The highest BCUT2D eigenvalue weighted by Gasteiger charge is 1.98. The number of aliphatic hydroxyl groups is 1. The van der Waals surface area contributed by atoms with Crippen LogP contribution in [0.2, 0.25) is 0 Å². The van der Waals surface area contributed by atoms with E-state index in [2.05, 4.69) is 0 Å². The van der Waals surface area contributed by atoms with Crippen molar-refractivity contribution < 1.29 is 19.8 Å². The Balaban J connectivity index is 3.60. The number of carboxylic acids is 1. The summed E-state index contributed by atoms with van der Waals surface area (Å²) in [5.41, 5.74) is 0. The molecule has 0 spiro atoms. The number of unbranched alkanes of at least 4 members (excludes halogenated alkanes) is 4. The van der Waals surface area contributed by atoms with Gasteiger partial charge in [-0.2, -0.15) is 0 Å². The van der Waals surface area contributed by atoms with Crippen LogP contribution in [0.4, 0.5) is 0 Å². The Morgan fingerprint density at radius 3 is 2.14 bits per heavy atom. The first-order valence-electron chi connectivity index (χ1n) is 8.00. The van der Waals surface area contributed by atoms with Gasteiger partial charge in [0.1, 0.15) is 0 Å². The van der Waals surface area contributed by atoms with Crippen molar-refractivity contribution in [3.63, 3.8) is 0 Å². The van der Waals surface area contributed by atoms with Crippen LogP contribution in [0.15, 0.2) is 36.5 Å². The summed E-state index contributed by atoms with van der Waals surface area (Å²) in [5.74, 6) is -0.639. The van der Waals surface area contributed by atoms with Gasteiger partial charge in [-0.05, 0) is 25.3 Å². The number of hydrogen-bond acceptors (Lipinski definition) is 3. The Kier molecular flexibility index (Phi) is 13.2. The molecule has 0 unspecified atom stereocenters. The number of carboxylic acid groups (broad SMARTS) is 1. The minimum atomic E-state index is -0.743. The van der Waals surface area contributed by atoms with Gasteiger partial charge in [-0.1, -0.05) is 56.6 Å². The molecule has 0 aromatic carbocycles. The van der Waals surface area contributed by atoms with Crippen LogP contribution >= 0.6 is 0 Å². The molecule has 1 atom stereocenters. The molecule has 0 aromatic heterocycles. The van der Waals surface area contributed by atoms with E-state index in [0.29, 0.717) is 19.3 Å². The van der Waals surface area contributed by atoms with E-state index in [9.17, 15) is 14.7 Å². The standard InChI is InChI=1S/C18H28O4/c1-2-16(19)12-8-6-7-10-14-17(20)13-9-4-3-5-11-15-18(21)22/h6-8,10,12,14,16,19H,2-5,9,11,13,15H2,1H3,(H,21,22)/b7-6-,12-8+,14-10+/t16-/m1/s1. The van der Waals surface area contributed by atoms with E-state index in [0.717, 1.165) is 25.7 Å². The maximum atomic E-state index is 11.6. The normalized spacial score (nSPS) is 13.4. The number of aliphatic carboxylic acids is 1. The van der Waals surface area contributed by atoms with Crippen LogP contribution in [0.5, 0.6) is 0 Å². The zero-order valence-corrected chi connectivity index (χ0v) is 13.4. The molecule has 0 bridgehead atoms. The molecule has 0 aliphatic heterocycles. The van der Waals surface area contributed by atoms with Crippen LogP contribution in [-0.2, 0) is 9.59 Å². The van der Waals surface area contributed by atoms with Crippen LogP contribution in [0.25, 0.3) is 0 Å². The highest BCUT2D eigenvalue weighted by Crippen LogP contribution is 2.07. The van der Waals surface area contributed by atoms with Crippen molar-refractivity contribution in [3.8, 4) is 0 Å². The zero-order valence-electron chi connectivity index (χ0n) is 13.4. The fourth-order valence-electron chi connectivity index (χ4n) is 1.81. The fraction of sp³-hybridized carbons (Fsp3) is 0.556. The molecule has 0 saturated heterocycles. The van der Waals surface area contributed by atoms with Crippen molar-refractivity contribution in [2.45, 2.75) is 64.4 Å². The van der Waals surface area contributed by atoms with E-state index in [1.807, 2.05) is 6.92 Å². The summed E-state index contributed by atoms with van der Waals surface area (Å²) in [7, 11) is 0. The fourth-order valence-corrected chi connectivity index (χ4v) is 1.81. The lowest BCUT2D eigenvalue weighted by Crippen LogP contribution is -1.97. The molecule has 0 heterocycles. The second kappa shape index (κ2) is 14.3. The number of allylic oxidation sites excluding steroid dienone is 5. The number of aliphatic hydroxyl groups excluding tert-OH is 1. The van der Waals surface area contributed by atoms with Crippen molar-refractivity contribution in [1.82, 2.24) is 0 Å². The van der Waals surface area contributed by atoms with Crippen molar-refractivity contribution >= 4 is 11.8 Å². The smallest absolute Gasteiger partial charge is 0.303 e. The Labute approximate surface area is 133 Å². The van der Waals surface area contributed by atoms with Crippen molar-refractivity contribution in [2.75, 3.05) is 0 Å². The molecule has 0 saturated carbocycles. The van der Waals surface area contributed by atoms with Crippen LogP contribution in [0.3, 0.4) is 0 Å². The number of carbonyl (C=O) groups excluding carboxylic acids is 1. The molecule has 0 rings (SSSR count). The Bertz CT molecular complexity index is 394. The van der Waals surface area contributed by atoms with Crippen LogP contribution < -0.4 is 0 Å². The Hall–Kier alpha value is -1.68. The summed E-state index contributed by atoms with van der Waals surface area (Å²) in [6.07, 6.45) is 15.8. The molecular weight excluding hydrogens is 280 g/mol. The zero-order chi connectivity index (χ0) is 16.6. The molecule has 0 aliphatic carbocycles. The van der Waals surface area contributed by atoms with E-state index in [4.69, 9.17) is 5.11 Å². The highest BCUT2D eigenvalue weighted by molar-refractivity contribution is 5.89. The highest BCUT2D eigenvalue weighted by atomic mass is 16.4. The molecule has 0 aromatic rings.